The summed E-state index contributed by atoms with van der Waals surface area (Å²) in [6.07, 6.45) is 2.75. The van der Waals surface area contributed by atoms with E-state index < -0.39 is 12.0 Å². The predicted octanol–water partition coefficient (Wildman–Crippen LogP) is 1.63. The van der Waals surface area contributed by atoms with Crippen LogP contribution in [0.3, 0.4) is 0 Å². The summed E-state index contributed by atoms with van der Waals surface area (Å²) < 4.78 is 0. The largest absolute Gasteiger partial charge is 0.480 e. The fraction of sp³-hybridized carbons (Fsp3) is 0.833. The van der Waals surface area contributed by atoms with Crippen molar-refractivity contribution >= 4 is 12.0 Å². The van der Waals surface area contributed by atoms with Crippen molar-refractivity contribution in [2.75, 3.05) is 14.1 Å². The molecular formula is C12H22N2O3. The Bertz CT molecular complexity index is 302. The molecule has 0 aromatic rings. The number of aliphatic carboxylic acids is 1. The highest BCUT2D eigenvalue weighted by atomic mass is 16.4. The first-order valence-electron chi connectivity index (χ1n) is 6.12. The van der Waals surface area contributed by atoms with Crippen molar-refractivity contribution in [2.24, 2.45) is 5.92 Å². The molecule has 2 atom stereocenters. The van der Waals surface area contributed by atoms with Crippen molar-refractivity contribution in [3.05, 3.63) is 0 Å². The molecule has 0 aromatic carbocycles. The zero-order chi connectivity index (χ0) is 13.2. The van der Waals surface area contributed by atoms with Crippen LogP contribution in [-0.2, 0) is 4.79 Å². The van der Waals surface area contributed by atoms with E-state index >= 15 is 0 Å². The van der Waals surface area contributed by atoms with E-state index in [4.69, 9.17) is 5.11 Å². The number of rotatable bonds is 5. The summed E-state index contributed by atoms with van der Waals surface area (Å²) >= 11 is 0. The minimum Gasteiger partial charge on any atom is -0.480 e. The van der Waals surface area contributed by atoms with Crippen LogP contribution in [0.25, 0.3) is 0 Å². The summed E-state index contributed by atoms with van der Waals surface area (Å²) in [4.78, 5) is 26.1. The van der Waals surface area contributed by atoms with E-state index in [1.54, 1.807) is 25.9 Å². The molecule has 2 amide bonds. The Kier molecular flexibility index (Phi) is 4.37. The molecule has 1 aliphatic rings. The third kappa shape index (κ3) is 3.11. The summed E-state index contributed by atoms with van der Waals surface area (Å²) in [5, 5.41) is 9.02. The Hall–Kier alpha value is -1.26. The molecule has 1 N–H and O–H groups in total. The van der Waals surface area contributed by atoms with Crippen LogP contribution in [-0.4, -0.2) is 53.1 Å². The number of likely N-dealkylation sites (N-methyl/N-ethyl adjacent to an activating group) is 1. The maximum Gasteiger partial charge on any atom is 0.326 e. The second-order valence-corrected chi connectivity index (χ2v) is 4.84. The predicted molar refractivity (Wildman–Crippen MR) is 64.8 cm³/mol. The maximum absolute atomic E-state index is 12.1. The first-order valence-corrected chi connectivity index (χ1v) is 6.12. The Balaban J connectivity index is 2.63. The second kappa shape index (κ2) is 5.38. The molecule has 1 fully saturated rings. The molecule has 0 heterocycles. The third-order valence-corrected chi connectivity index (χ3v) is 3.66. The van der Waals surface area contributed by atoms with Crippen LogP contribution in [0.15, 0.2) is 0 Å². The van der Waals surface area contributed by atoms with Gasteiger partial charge in [0.2, 0.25) is 0 Å². The van der Waals surface area contributed by atoms with Gasteiger partial charge in [-0.2, -0.15) is 0 Å². The Morgan fingerprint density at radius 3 is 2.18 bits per heavy atom. The molecule has 98 valence electrons. The van der Waals surface area contributed by atoms with E-state index in [9.17, 15) is 9.59 Å². The van der Waals surface area contributed by atoms with Gasteiger partial charge in [0.1, 0.15) is 6.04 Å². The number of amides is 2. The summed E-state index contributed by atoms with van der Waals surface area (Å²) in [6.45, 7) is 3.79. The van der Waals surface area contributed by atoms with Crippen LogP contribution in [0.5, 0.6) is 0 Å². The number of carboxylic acid groups (broad SMARTS) is 1. The monoisotopic (exact) mass is 242 g/mol. The van der Waals surface area contributed by atoms with Gasteiger partial charge in [-0.05, 0) is 32.1 Å². The molecule has 5 heteroatoms. The molecule has 1 rings (SSSR count). The molecule has 0 spiro atoms. The van der Waals surface area contributed by atoms with Gasteiger partial charge in [-0.25, -0.2) is 9.59 Å². The number of hydrogen-bond donors (Lipinski definition) is 1. The highest BCUT2D eigenvalue weighted by molar-refractivity contribution is 5.82. The van der Waals surface area contributed by atoms with Gasteiger partial charge in [0.25, 0.3) is 0 Å². The third-order valence-electron chi connectivity index (χ3n) is 3.66. The van der Waals surface area contributed by atoms with Crippen LogP contribution in [0, 0.1) is 5.92 Å². The van der Waals surface area contributed by atoms with Crippen molar-refractivity contribution in [1.29, 1.82) is 0 Å². The zero-order valence-corrected chi connectivity index (χ0v) is 11.0. The minimum absolute atomic E-state index is 0.191. The summed E-state index contributed by atoms with van der Waals surface area (Å²) in [6, 6.07) is -0.758. The lowest BCUT2D eigenvalue weighted by Gasteiger charge is -2.32. The van der Waals surface area contributed by atoms with Gasteiger partial charge in [0, 0.05) is 20.1 Å². The number of urea groups is 1. The Morgan fingerprint density at radius 2 is 1.82 bits per heavy atom. The van der Waals surface area contributed by atoms with Gasteiger partial charge in [0.15, 0.2) is 0 Å². The van der Waals surface area contributed by atoms with Crippen LogP contribution < -0.4 is 0 Å². The summed E-state index contributed by atoms with van der Waals surface area (Å²) in [5.41, 5.74) is 0. The van der Waals surface area contributed by atoms with Gasteiger partial charge >= 0.3 is 12.0 Å². The van der Waals surface area contributed by atoms with Crippen LogP contribution in [0.1, 0.15) is 33.1 Å². The average Bonchev–Trinajstić information content (AvgIpc) is 3.10. The van der Waals surface area contributed by atoms with Gasteiger partial charge < -0.3 is 14.9 Å². The van der Waals surface area contributed by atoms with Crippen LogP contribution >= 0.6 is 0 Å². The highest BCUT2D eigenvalue weighted by Crippen LogP contribution is 2.34. The van der Waals surface area contributed by atoms with E-state index in [2.05, 4.69) is 0 Å². The number of carbonyl (C=O) groups excluding carboxylic acids is 1. The van der Waals surface area contributed by atoms with Gasteiger partial charge in [0.05, 0.1) is 0 Å². The van der Waals surface area contributed by atoms with Crippen molar-refractivity contribution in [3.8, 4) is 0 Å². The second-order valence-electron chi connectivity index (χ2n) is 4.84. The molecule has 1 saturated carbocycles. The molecule has 0 aliphatic heterocycles. The lowest BCUT2D eigenvalue weighted by Crippen LogP contribution is -2.50. The smallest absolute Gasteiger partial charge is 0.326 e. The SMILES string of the molecule is CCC(C(=O)O)N(C)C(=O)N(C)C(C)C1CC1. The average molecular weight is 242 g/mol. The van der Waals surface area contributed by atoms with Crippen LogP contribution in [0.4, 0.5) is 4.79 Å². The molecule has 0 radical (unpaired) electrons. The lowest BCUT2D eigenvalue weighted by molar-refractivity contribution is -0.142. The fourth-order valence-electron chi connectivity index (χ4n) is 2.07. The molecule has 2 unspecified atom stereocenters. The molecule has 0 bridgehead atoms. The normalized spacial score (nSPS) is 18.4. The maximum atomic E-state index is 12.1. The van der Waals surface area contributed by atoms with E-state index in [1.807, 2.05) is 6.92 Å². The molecule has 0 aromatic heterocycles. The summed E-state index contributed by atoms with van der Waals surface area (Å²) in [7, 11) is 3.30. The number of hydrogen-bond acceptors (Lipinski definition) is 2. The first-order chi connectivity index (χ1) is 7.90. The van der Waals surface area contributed by atoms with E-state index in [0.717, 1.165) is 0 Å². The van der Waals surface area contributed by atoms with E-state index in [0.29, 0.717) is 12.3 Å². The lowest BCUT2D eigenvalue weighted by atomic mass is 10.2. The Labute approximate surface area is 102 Å². The van der Waals surface area contributed by atoms with E-state index in [1.165, 1.54) is 17.7 Å². The highest BCUT2D eigenvalue weighted by Gasteiger charge is 2.35. The molecular weight excluding hydrogens is 220 g/mol. The standard InChI is InChI=1S/C12H22N2O3/c1-5-10(11(15)16)14(4)12(17)13(3)8(2)9-6-7-9/h8-10H,5-7H2,1-4H3,(H,15,16). The first kappa shape index (κ1) is 13.8. The fourth-order valence-corrected chi connectivity index (χ4v) is 2.07. The number of carboxylic acids is 1. The molecule has 5 nitrogen and oxygen atoms in total. The van der Waals surface area contributed by atoms with Gasteiger partial charge in [-0.1, -0.05) is 6.92 Å². The summed E-state index contributed by atoms with van der Waals surface area (Å²) in [5.74, 6) is -0.363. The quantitative estimate of drug-likeness (QED) is 0.797. The minimum atomic E-state index is -0.948. The number of carbonyl (C=O) groups is 2. The van der Waals surface area contributed by atoms with Gasteiger partial charge in [-0.15, -0.1) is 0 Å². The number of nitrogens with zero attached hydrogens (tertiary/aromatic N) is 2. The van der Waals surface area contributed by atoms with Gasteiger partial charge in [-0.3, -0.25) is 0 Å². The van der Waals surface area contributed by atoms with Crippen molar-refractivity contribution < 1.29 is 14.7 Å². The van der Waals surface area contributed by atoms with Crippen molar-refractivity contribution in [3.63, 3.8) is 0 Å². The molecule has 1 aliphatic carbocycles. The van der Waals surface area contributed by atoms with E-state index in [-0.39, 0.29) is 12.1 Å². The zero-order valence-electron chi connectivity index (χ0n) is 11.0. The molecule has 0 saturated heterocycles. The van der Waals surface area contributed by atoms with Crippen LogP contribution in [0.2, 0.25) is 0 Å². The molecule has 17 heavy (non-hydrogen) atoms. The van der Waals surface area contributed by atoms with Crippen molar-refractivity contribution in [2.45, 2.75) is 45.2 Å². The Morgan fingerprint density at radius 1 is 1.29 bits per heavy atom. The topological polar surface area (TPSA) is 60.9 Å². The van der Waals surface area contributed by atoms with Crippen molar-refractivity contribution in [1.82, 2.24) is 9.80 Å².